The summed E-state index contributed by atoms with van der Waals surface area (Å²) in [5, 5.41) is 2.90. The van der Waals surface area contributed by atoms with Crippen LogP contribution in [-0.4, -0.2) is 17.9 Å². The highest BCUT2D eigenvalue weighted by Crippen LogP contribution is 2.12. The highest BCUT2D eigenvalue weighted by Gasteiger charge is 2.07. The van der Waals surface area contributed by atoms with Crippen molar-refractivity contribution in [1.29, 1.82) is 0 Å². The minimum absolute atomic E-state index is 0.0876. The highest BCUT2D eigenvalue weighted by molar-refractivity contribution is 6.04. The molecule has 3 aromatic rings. The monoisotopic (exact) mass is 330 g/mol. The molecule has 126 valence electrons. The van der Waals surface area contributed by atoms with E-state index in [4.69, 9.17) is 0 Å². The van der Waals surface area contributed by atoms with Crippen molar-refractivity contribution in [2.24, 2.45) is 0 Å². The Morgan fingerprint density at radius 2 is 1.28 bits per heavy atom. The largest absolute Gasteiger partial charge is 0.322 e. The smallest absolute Gasteiger partial charge is 0.255 e. The lowest BCUT2D eigenvalue weighted by molar-refractivity contribution is 0.102. The van der Waals surface area contributed by atoms with Gasteiger partial charge in [-0.15, -0.1) is 0 Å². The van der Waals surface area contributed by atoms with Gasteiger partial charge < -0.3 is 5.32 Å². The summed E-state index contributed by atoms with van der Waals surface area (Å²) in [4.78, 5) is 14.5. The number of carbonyl (C=O) groups excluding carboxylic acids is 1. The predicted octanol–water partition coefficient (Wildman–Crippen LogP) is 4.57. The second-order valence-corrected chi connectivity index (χ2v) is 6.17. The molecule has 1 amide bonds. The number of amides is 1. The van der Waals surface area contributed by atoms with Gasteiger partial charge in [0.1, 0.15) is 0 Å². The molecule has 0 saturated heterocycles. The van der Waals surface area contributed by atoms with Crippen LogP contribution in [0.1, 0.15) is 21.5 Å². The van der Waals surface area contributed by atoms with E-state index in [1.54, 1.807) is 0 Å². The summed E-state index contributed by atoms with van der Waals surface area (Å²) in [7, 11) is 2.10. The number of nitrogens with one attached hydrogen (secondary N) is 1. The second kappa shape index (κ2) is 8.27. The van der Waals surface area contributed by atoms with E-state index in [1.807, 2.05) is 60.7 Å². The van der Waals surface area contributed by atoms with Gasteiger partial charge in [0, 0.05) is 24.3 Å². The number of hydrogen-bond donors (Lipinski definition) is 1. The summed E-state index contributed by atoms with van der Waals surface area (Å²) in [6.07, 6.45) is 0. The first kappa shape index (κ1) is 16.9. The average molecular weight is 330 g/mol. The van der Waals surface area contributed by atoms with Crippen molar-refractivity contribution >= 4 is 11.6 Å². The molecule has 3 rings (SSSR count). The molecule has 0 aliphatic rings. The lowest BCUT2D eigenvalue weighted by atomic mass is 10.1. The van der Waals surface area contributed by atoms with Crippen LogP contribution in [0.4, 0.5) is 5.69 Å². The Hall–Kier alpha value is -2.91. The second-order valence-electron chi connectivity index (χ2n) is 6.17. The third-order valence-corrected chi connectivity index (χ3v) is 4.00. The zero-order valence-corrected chi connectivity index (χ0v) is 14.4. The van der Waals surface area contributed by atoms with Gasteiger partial charge in [-0.05, 0) is 42.4 Å². The molecule has 0 radical (unpaired) electrons. The van der Waals surface area contributed by atoms with Crippen LogP contribution in [0, 0.1) is 0 Å². The SMILES string of the molecule is CN(Cc1ccccc1)Cc1ccc(C(=O)Nc2ccccc2)cc1. The van der Waals surface area contributed by atoms with E-state index in [2.05, 4.69) is 41.5 Å². The minimum atomic E-state index is -0.0876. The van der Waals surface area contributed by atoms with Gasteiger partial charge in [-0.2, -0.15) is 0 Å². The fourth-order valence-corrected chi connectivity index (χ4v) is 2.75. The van der Waals surface area contributed by atoms with Gasteiger partial charge in [-0.25, -0.2) is 0 Å². The van der Waals surface area contributed by atoms with Crippen molar-refractivity contribution in [2.45, 2.75) is 13.1 Å². The van der Waals surface area contributed by atoms with Crippen LogP contribution in [0.5, 0.6) is 0 Å². The van der Waals surface area contributed by atoms with Gasteiger partial charge in [-0.1, -0.05) is 60.7 Å². The number of rotatable bonds is 6. The molecule has 3 nitrogen and oxygen atoms in total. The quantitative estimate of drug-likeness (QED) is 0.718. The van der Waals surface area contributed by atoms with Crippen LogP contribution in [0.3, 0.4) is 0 Å². The highest BCUT2D eigenvalue weighted by atomic mass is 16.1. The van der Waals surface area contributed by atoms with E-state index in [9.17, 15) is 4.79 Å². The lowest BCUT2D eigenvalue weighted by Crippen LogP contribution is -2.17. The molecule has 0 atom stereocenters. The number of benzene rings is 3. The molecule has 0 spiro atoms. The number of para-hydroxylation sites is 1. The van der Waals surface area contributed by atoms with E-state index in [1.165, 1.54) is 11.1 Å². The third-order valence-electron chi connectivity index (χ3n) is 4.00. The Morgan fingerprint density at radius 1 is 0.760 bits per heavy atom. The van der Waals surface area contributed by atoms with Crippen LogP contribution in [0.15, 0.2) is 84.9 Å². The van der Waals surface area contributed by atoms with Crippen molar-refractivity contribution in [1.82, 2.24) is 4.90 Å². The van der Waals surface area contributed by atoms with Crippen molar-refractivity contribution in [2.75, 3.05) is 12.4 Å². The molecule has 0 aliphatic heterocycles. The summed E-state index contributed by atoms with van der Waals surface area (Å²) in [6, 6.07) is 27.7. The zero-order chi connectivity index (χ0) is 17.5. The first-order valence-electron chi connectivity index (χ1n) is 8.38. The standard InChI is InChI=1S/C22H22N2O/c1-24(16-18-8-4-2-5-9-18)17-19-12-14-20(15-13-19)22(25)23-21-10-6-3-7-11-21/h2-15H,16-17H2,1H3,(H,23,25). The van der Waals surface area contributed by atoms with Gasteiger partial charge in [0.05, 0.1) is 0 Å². The molecule has 3 aromatic carbocycles. The molecule has 0 aliphatic carbocycles. The van der Waals surface area contributed by atoms with Gasteiger partial charge in [0.25, 0.3) is 5.91 Å². The number of hydrogen-bond acceptors (Lipinski definition) is 2. The molecule has 0 heterocycles. The first-order chi connectivity index (χ1) is 12.2. The Kier molecular flexibility index (Phi) is 5.60. The molecule has 0 bridgehead atoms. The van der Waals surface area contributed by atoms with Crippen LogP contribution in [0.25, 0.3) is 0 Å². The first-order valence-corrected chi connectivity index (χ1v) is 8.38. The summed E-state index contributed by atoms with van der Waals surface area (Å²) < 4.78 is 0. The Bertz CT molecular complexity index is 798. The van der Waals surface area contributed by atoms with Gasteiger partial charge in [-0.3, -0.25) is 9.69 Å². The fraction of sp³-hybridized carbons (Fsp3) is 0.136. The molecule has 0 aromatic heterocycles. The Balaban J connectivity index is 1.57. The number of carbonyl (C=O) groups is 1. The van der Waals surface area contributed by atoms with Crippen molar-refractivity contribution in [3.63, 3.8) is 0 Å². The Labute approximate surface area is 148 Å². The average Bonchev–Trinajstić information content (AvgIpc) is 2.64. The van der Waals surface area contributed by atoms with Crippen molar-refractivity contribution in [3.05, 3.63) is 102 Å². The van der Waals surface area contributed by atoms with E-state index in [-0.39, 0.29) is 5.91 Å². The fourth-order valence-electron chi connectivity index (χ4n) is 2.75. The molecule has 0 unspecified atom stereocenters. The van der Waals surface area contributed by atoms with Crippen LogP contribution < -0.4 is 5.32 Å². The summed E-state index contributed by atoms with van der Waals surface area (Å²) in [6.45, 7) is 1.74. The zero-order valence-electron chi connectivity index (χ0n) is 14.4. The van der Waals surface area contributed by atoms with Crippen molar-refractivity contribution < 1.29 is 4.79 Å². The van der Waals surface area contributed by atoms with Crippen LogP contribution >= 0.6 is 0 Å². The van der Waals surface area contributed by atoms with Gasteiger partial charge in [0.15, 0.2) is 0 Å². The minimum Gasteiger partial charge on any atom is -0.322 e. The Morgan fingerprint density at radius 3 is 1.88 bits per heavy atom. The third kappa shape index (κ3) is 5.03. The van der Waals surface area contributed by atoms with Crippen LogP contribution in [0.2, 0.25) is 0 Å². The maximum atomic E-state index is 12.3. The van der Waals surface area contributed by atoms with E-state index >= 15 is 0 Å². The summed E-state index contributed by atoms with van der Waals surface area (Å²) in [5.74, 6) is -0.0876. The topological polar surface area (TPSA) is 32.3 Å². The predicted molar refractivity (Wildman–Crippen MR) is 102 cm³/mol. The van der Waals surface area contributed by atoms with Crippen LogP contribution in [-0.2, 0) is 13.1 Å². The summed E-state index contributed by atoms with van der Waals surface area (Å²) in [5.41, 5.74) is 3.95. The maximum Gasteiger partial charge on any atom is 0.255 e. The molecule has 3 heteroatoms. The number of nitrogens with zero attached hydrogens (tertiary/aromatic N) is 1. The van der Waals surface area contributed by atoms with E-state index < -0.39 is 0 Å². The summed E-state index contributed by atoms with van der Waals surface area (Å²) >= 11 is 0. The van der Waals surface area contributed by atoms with E-state index in [0.29, 0.717) is 5.56 Å². The molecular formula is C22H22N2O. The lowest BCUT2D eigenvalue weighted by Gasteiger charge is -2.17. The molecular weight excluding hydrogens is 308 g/mol. The van der Waals surface area contributed by atoms with Crippen molar-refractivity contribution in [3.8, 4) is 0 Å². The normalized spacial score (nSPS) is 10.6. The van der Waals surface area contributed by atoms with E-state index in [0.717, 1.165) is 18.8 Å². The molecule has 1 N–H and O–H groups in total. The number of anilines is 1. The molecule has 0 fully saturated rings. The molecule has 25 heavy (non-hydrogen) atoms. The van der Waals surface area contributed by atoms with Gasteiger partial charge in [0.2, 0.25) is 0 Å². The van der Waals surface area contributed by atoms with Gasteiger partial charge >= 0.3 is 0 Å². The maximum absolute atomic E-state index is 12.3. The molecule has 0 saturated carbocycles.